The molecule has 0 bridgehead atoms. The van der Waals surface area contributed by atoms with E-state index >= 15 is 0 Å². The van der Waals surface area contributed by atoms with Crippen LogP contribution < -0.4 is 18.9 Å². The molecule has 3 aliphatic rings. The molecule has 0 amide bonds. The molecule has 5 nitrogen and oxygen atoms in total. The molecule has 1 aliphatic heterocycles. The van der Waals surface area contributed by atoms with E-state index in [0.29, 0.717) is 28.6 Å². The molecule has 0 fully saturated rings. The van der Waals surface area contributed by atoms with Crippen LogP contribution in [0.15, 0.2) is 24.3 Å². The summed E-state index contributed by atoms with van der Waals surface area (Å²) in [5.41, 5.74) is 8.35. The molecule has 5 heteroatoms. The lowest BCUT2D eigenvalue weighted by Crippen LogP contribution is -2.27. The van der Waals surface area contributed by atoms with Gasteiger partial charge in [-0.3, -0.25) is 0 Å². The molecule has 0 saturated carbocycles. The zero-order valence-corrected chi connectivity index (χ0v) is 23.8. The van der Waals surface area contributed by atoms with Crippen LogP contribution in [-0.2, 0) is 16.2 Å². The lowest BCUT2D eigenvalue weighted by molar-refractivity contribution is 0.347. The number of rotatable bonds is 2. The van der Waals surface area contributed by atoms with Gasteiger partial charge in [0.2, 0.25) is 0 Å². The normalized spacial score (nSPS) is 20.9. The van der Waals surface area contributed by atoms with Crippen LogP contribution in [0.4, 0.5) is 0 Å². The van der Waals surface area contributed by atoms with Gasteiger partial charge >= 0.3 is 0 Å². The summed E-state index contributed by atoms with van der Waals surface area (Å²) in [4.78, 5) is 0. The van der Waals surface area contributed by atoms with Crippen LogP contribution in [0.5, 0.6) is 34.5 Å². The fourth-order valence-electron chi connectivity index (χ4n) is 7.47. The molecule has 196 valence electrons. The number of hydrogen-bond donors (Lipinski definition) is 0. The summed E-state index contributed by atoms with van der Waals surface area (Å²) in [6.45, 7) is 15.3. The highest BCUT2D eigenvalue weighted by atomic mass is 16.6. The van der Waals surface area contributed by atoms with E-state index in [4.69, 9.17) is 18.9 Å². The molecule has 0 aromatic heterocycles. The first-order valence-corrected chi connectivity index (χ1v) is 13.2. The molecule has 38 heavy (non-hydrogen) atoms. The highest BCUT2D eigenvalue weighted by Crippen LogP contribution is 2.65. The third kappa shape index (κ3) is 3.04. The van der Waals surface area contributed by atoms with Crippen LogP contribution in [0.3, 0.4) is 0 Å². The first kappa shape index (κ1) is 24.7. The van der Waals surface area contributed by atoms with Crippen molar-refractivity contribution in [3.05, 3.63) is 68.8 Å². The molecular weight excluding hydrogens is 474 g/mol. The van der Waals surface area contributed by atoms with Crippen molar-refractivity contribution < 1.29 is 18.9 Å². The molecule has 1 heterocycles. The summed E-state index contributed by atoms with van der Waals surface area (Å²) in [5, 5.41) is 9.98. The zero-order valence-electron chi connectivity index (χ0n) is 23.8. The van der Waals surface area contributed by atoms with Crippen molar-refractivity contribution in [2.75, 3.05) is 14.2 Å². The van der Waals surface area contributed by atoms with E-state index in [-0.39, 0.29) is 16.2 Å². The highest BCUT2D eigenvalue weighted by Gasteiger charge is 2.57. The maximum atomic E-state index is 9.98. The van der Waals surface area contributed by atoms with Gasteiger partial charge in [0.1, 0.15) is 11.6 Å². The SMILES string of the molecule is COc1cc2c(cc1OC)C1(CC2(C)C)CC(C)(C)c2cc3c(cc21)Oc1c(C#N)c(C)c(C)c(C)c1O3. The first-order chi connectivity index (χ1) is 17.9. The smallest absolute Gasteiger partial charge is 0.188 e. The van der Waals surface area contributed by atoms with Gasteiger partial charge < -0.3 is 18.9 Å². The minimum atomic E-state index is -0.201. The van der Waals surface area contributed by atoms with Crippen LogP contribution in [0.1, 0.15) is 85.0 Å². The fourth-order valence-corrected chi connectivity index (χ4v) is 7.47. The molecular formula is C33H35NO4. The Hall–Kier alpha value is -3.65. The van der Waals surface area contributed by atoms with Crippen molar-refractivity contribution >= 4 is 0 Å². The summed E-state index contributed by atoms with van der Waals surface area (Å²) >= 11 is 0. The standard InChI is InChI=1S/C33H35NO4/c1-17-18(2)20(14-34)30-29(19(17)3)37-27-11-22-24(13-28(27)38-30)33(16-32(22,6)7)15-31(4,5)21-10-25(35-8)26(36-9)12-23(21)33/h10-13H,15-16H2,1-9H3. The van der Waals surface area contributed by atoms with E-state index in [9.17, 15) is 5.26 Å². The molecule has 1 spiro atoms. The fraction of sp³-hybridized carbons (Fsp3) is 0.424. The van der Waals surface area contributed by atoms with Gasteiger partial charge in [0, 0.05) is 5.41 Å². The van der Waals surface area contributed by atoms with Crippen molar-refractivity contribution in [2.45, 2.75) is 77.6 Å². The van der Waals surface area contributed by atoms with E-state index in [1.54, 1.807) is 14.2 Å². The summed E-state index contributed by atoms with van der Waals surface area (Å²) < 4.78 is 24.5. The Morgan fingerprint density at radius 3 is 1.71 bits per heavy atom. The van der Waals surface area contributed by atoms with Crippen molar-refractivity contribution in [3.63, 3.8) is 0 Å². The molecule has 6 rings (SSSR count). The molecule has 3 aromatic rings. The lowest BCUT2D eigenvalue weighted by Gasteiger charge is -2.31. The Labute approximate surface area is 225 Å². The van der Waals surface area contributed by atoms with E-state index in [1.807, 2.05) is 20.8 Å². The second-order valence-electron chi connectivity index (χ2n) is 12.5. The second kappa shape index (κ2) is 7.69. The van der Waals surface area contributed by atoms with Crippen LogP contribution in [0, 0.1) is 32.1 Å². The maximum absolute atomic E-state index is 9.98. The quantitative estimate of drug-likeness (QED) is 0.274. The second-order valence-corrected chi connectivity index (χ2v) is 12.5. The Morgan fingerprint density at radius 1 is 0.684 bits per heavy atom. The number of nitriles is 1. The summed E-state index contributed by atoms with van der Waals surface area (Å²) in [6, 6.07) is 11.1. The maximum Gasteiger partial charge on any atom is 0.188 e. The predicted molar refractivity (Wildman–Crippen MR) is 148 cm³/mol. The van der Waals surface area contributed by atoms with Crippen molar-refractivity contribution in [3.8, 4) is 40.6 Å². The van der Waals surface area contributed by atoms with Gasteiger partial charge in [-0.2, -0.15) is 5.26 Å². The molecule has 1 unspecified atom stereocenters. The zero-order chi connectivity index (χ0) is 27.4. The van der Waals surface area contributed by atoms with Gasteiger partial charge in [-0.15, -0.1) is 0 Å². The average molecular weight is 510 g/mol. The van der Waals surface area contributed by atoms with Gasteiger partial charge in [-0.1, -0.05) is 27.7 Å². The molecule has 0 saturated heterocycles. The number of ether oxygens (including phenoxy) is 4. The van der Waals surface area contributed by atoms with Crippen molar-refractivity contribution in [2.24, 2.45) is 0 Å². The number of fused-ring (bicyclic) bond motifs is 6. The molecule has 1 atom stereocenters. The number of hydrogen-bond acceptors (Lipinski definition) is 5. The summed E-state index contributed by atoms with van der Waals surface area (Å²) in [6.07, 6.45) is 1.94. The van der Waals surface area contributed by atoms with Crippen LogP contribution in [0.25, 0.3) is 0 Å². The van der Waals surface area contributed by atoms with Gasteiger partial charge in [0.05, 0.1) is 14.2 Å². The summed E-state index contributed by atoms with van der Waals surface area (Å²) in [7, 11) is 3.39. The molecule has 3 aromatic carbocycles. The van der Waals surface area contributed by atoms with E-state index < -0.39 is 0 Å². The van der Waals surface area contributed by atoms with Crippen LogP contribution in [-0.4, -0.2) is 14.2 Å². The van der Waals surface area contributed by atoms with Gasteiger partial charge in [-0.25, -0.2) is 0 Å². The molecule has 0 N–H and O–H groups in total. The third-order valence-corrected chi connectivity index (χ3v) is 9.39. The predicted octanol–water partition coefficient (Wildman–Crippen LogP) is 8.05. The highest BCUT2D eigenvalue weighted by molar-refractivity contribution is 5.71. The Morgan fingerprint density at radius 2 is 1.16 bits per heavy atom. The number of nitrogens with zero attached hydrogens (tertiary/aromatic N) is 1. The largest absolute Gasteiger partial charge is 0.493 e. The monoisotopic (exact) mass is 509 g/mol. The molecule has 2 aliphatic carbocycles. The van der Waals surface area contributed by atoms with Crippen molar-refractivity contribution in [1.29, 1.82) is 5.26 Å². The topological polar surface area (TPSA) is 60.7 Å². The Kier molecular flexibility index (Phi) is 5.00. The lowest BCUT2D eigenvalue weighted by atomic mass is 9.72. The Bertz CT molecular complexity index is 1590. The third-order valence-electron chi connectivity index (χ3n) is 9.39. The van der Waals surface area contributed by atoms with Crippen LogP contribution >= 0.6 is 0 Å². The van der Waals surface area contributed by atoms with Gasteiger partial charge in [-0.05, 0) is 108 Å². The molecule has 0 radical (unpaired) electrons. The van der Waals surface area contributed by atoms with Crippen molar-refractivity contribution in [1.82, 2.24) is 0 Å². The van der Waals surface area contributed by atoms with E-state index in [2.05, 4.69) is 58.0 Å². The minimum Gasteiger partial charge on any atom is -0.493 e. The summed E-state index contributed by atoms with van der Waals surface area (Å²) in [5.74, 6) is 4.05. The van der Waals surface area contributed by atoms with Crippen LogP contribution in [0.2, 0.25) is 0 Å². The number of benzene rings is 3. The van der Waals surface area contributed by atoms with Gasteiger partial charge in [0.15, 0.2) is 34.5 Å². The minimum absolute atomic E-state index is 0.0494. The van der Waals surface area contributed by atoms with Gasteiger partial charge in [0.25, 0.3) is 0 Å². The average Bonchev–Trinajstić information content (AvgIpc) is 3.23. The first-order valence-electron chi connectivity index (χ1n) is 13.2. The van der Waals surface area contributed by atoms with E-state index in [0.717, 1.165) is 41.0 Å². The Balaban J connectivity index is 1.59. The van der Waals surface area contributed by atoms with E-state index in [1.165, 1.54) is 22.3 Å². The number of methoxy groups -OCH3 is 2.